The maximum Gasteiger partial charge on any atom is 0.0541 e. The van der Waals surface area contributed by atoms with Crippen LogP contribution in [0.1, 0.15) is 71.6 Å². The van der Waals surface area contributed by atoms with Crippen LogP contribution in [0.5, 0.6) is 0 Å². The second-order valence-electron chi connectivity index (χ2n) is 4.52. The van der Waals surface area contributed by atoms with Gasteiger partial charge in [0.1, 0.15) is 0 Å². The van der Waals surface area contributed by atoms with Crippen LogP contribution in [0.25, 0.3) is 0 Å². The van der Waals surface area contributed by atoms with Crippen molar-refractivity contribution < 1.29 is 10.2 Å². The summed E-state index contributed by atoms with van der Waals surface area (Å²) >= 11 is 0. The van der Waals surface area contributed by atoms with E-state index in [-0.39, 0.29) is 12.2 Å². The number of hydrogen-bond donors (Lipinski definition) is 2. The van der Waals surface area contributed by atoms with E-state index in [0.717, 1.165) is 38.5 Å². The van der Waals surface area contributed by atoms with Gasteiger partial charge in [0.15, 0.2) is 0 Å². The monoisotopic (exact) mass is 216 g/mol. The number of aliphatic hydroxyl groups is 2. The highest BCUT2D eigenvalue weighted by Crippen LogP contribution is 2.12. The summed E-state index contributed by atoms with van der Waals surface area (Å²) in [6, 6.07) is 0. The zero-order valence-electron chi connectivity index (χ0n) is 10.4. The average molecular weight is 216 g/mol. The van der Waals surface area contributed by atoms with Gasteiger partial charge in [0.2, 0.25) is 0 Å². The van der Waals surface area contributed by atoms with E-state index in [0.29, 0.717) is 0 Å². The standard InChI is InChI=1S/C13H28O2/c1-3-5-6-7-9-13(15)11-10-12(14)8-4-2/h12-15H,3-11H2,1-2H3. The molecular formula is C13H28O2. The zero-order valence-corrected chi connectivity index (χ0v) is 10.4. The number of unbranched alkanes of at least 4 members (excludes halogenated alkanes) is 3. The zero-order chi connectivity index (χ0) is 11.5. The van der Waals surface area contributed by atoms with Gasteiger partial charge in [0.05, 0.1) is 12.2 Å². The van der Waals surface area contributed by atoms with Crippen molar-refractivity contribution in [3.05, 3.63) is 0 Å². The summed E-state index contributed by atoms with van der Waals surface area (Å²) in [7, 11) is 0. The van der Waals surface area contributed by atoms with Gasteiger partial charge >= 0.3 is 0 Å². The van der Waals surface area contributed by atoms with Gasteiger partial charge in [-0.3, -0.25) is 0 Å². The van der Waals surface area contributed by atoms with E-state index in [1.807, 2.05) is 0 Å². The molecule has 0 aromatic heterocycles. The van der Waals surface area contributed by atoms with E-state index in [2.05, 4.69) is 13.8 Å². The first-order valence-electron chi connectivity index (χ1n) is 6.56. The minimum Gasteiger partial charge on any atom is -0.393 e. The highest BCUT2D eigenvalue weighted by Gasteiger charge is 2.08. The summed E-state index contributed by atoms with van der Waals surface area (Å²) in [5.41, 5.74) is 0. The topological polar surface area (TPSA) is 40.5 Å². The van der Waals surface area contributed by atoms with Gasteiger partial charge in [0, 0.05) is 0 Å². The van der Waals surface area contributed by atoms with Crippen LogP contribution in [0.15, 0.2) is 0 Å². The Kier molecular flexibility index (Phi) is 10.4. The lowest BCUT2D eigenvalue weighted by Crippen LogP contribution is -2.12. The first-order chi connectivity index (χ1) is 7.20. The predicted molar refractivity (Wildman–Crippen MR) is 64.9 cm³/mol. The van der Waals surface area contributed by atoms with Crippen LogP contribution >= 0.6 is 0 Å². The van der Waals surface area contributed by atoms with Crippen molar-refractivity contribution in [1.82, 2.24) is 0 Å². The van der Waals surface area contributed by atoms with E-state index >= 15 is 0 Å². The molecule has 0 aliphatic heterocycles. The average Bonchev–Trinajstić information content (AvgIpc) is 2.22. The molecule has 0 aliphatic carbocycles. The Morgan fingerprint density at radius 1 is 0.667 bits per heavy atom. The number of rotatable bonds is 10. The SMILES string of the molecule is CCCCCCC(O)CCC(O)CCC. The highest BCUT2D eigenvalue weighted by atomic mass is 16.3. The summed E-state index contributed by atoms with van der Waals surface area (Å²) in [6.07, 6.45) is 8.75. The molecule has 0 radical (unpaired) electrons. The minimum absolute atomic E-state index is 0.201. The van der Waals surface area contributed by atoms with Crippen LogP contribution in [0.4, 0.5) is 0 Å². The molecule has 0 amide bonds. The normalized spacial score (nSPS) is 15.2. The first kappa shape index (κ1) is 14.9. The summed E-state index contributed by atoms with van der Waals surface area (Å²) in [5, 5.41) is 19.2. The van der Waals surface area contributed by atoms with Crippen LogP contribution in [0.2, 0.25) is 0 Å². The van der Waals surface area contributed by atoms with Crippen molar-refractivity contribution >= 4 is 0 Å². The predicted octanol–water partition coefficient (Wildman–Crippen LogP) is 3.26. The third-order valence-corrected chi connectivity index (χ3v) is 2.85. The molecule has 0 rings (SSSR count). The summed E-state index contributed by atoms with van der Waals surface area (Å²) in [5.74, 6) is 0. The molecule has 92 valence electrons. The molecular weight excluding hydrogens is 188 g/mol. The third-order valence-electron chi connectivity index (χ3n) is 2.85. The van der Waals surface area contributed by atoms with Gasteiger partial charge in [-0.1, -0.05) is 46.0 Å². The molecule has 0 saturated carbocycles. The molecule has 15 heavy (non-hydrogen) atoms. The largest absolute Gasteiger partial charge is 0.393 e. The van der Waals surface area contributed by atoms with Crippen LogP contribution < -0.4 is 0 Å². The number of aliphatic hydroxyl groups excluding tert-OH is 2. The Morgan fingerprint density at radius 3 is 1.80 bits per heavy atom. The van der Waals surface area contributed by atoms with Crippen molar-refractivity contribution in [3.8, 4) is 0 Å². The lowest BCUT2D eigenvalue weighted by Gasteiger charge is -2.13. The molecule has 2 N–H and O–H groups in total. The molecule has 0 aromatic rings. The molecule has 0 fully saturated rings. The van der Waals surface area contributed by atoms with Crippen molar-refractivity contribution in [2.45, 2.75) is 83.8 Å². The van der Waals surface area contributed by atoms with Crippen LogP contribution in [0.3, 0.4) is 0 Å². The first-order valence-corrected chi connectivity index (χ1v) is 6.56. The maximum absolute atomic E-state index is 9.65. The molecule has 0 aliphatic rings. The Morgan fingerprint density at radius 2 is 1.27 bits per heavy atom. The highest BCUT2D eigenvalue weighted by molar-refractivity contribution is 4.61. The molecule has 0 spiro atoms. The fourth-order valence-corrected chi connectivity index (χ4v) is 1.81. The second kappa shape index (κ2) is 10.4. The van der Waals surface area contributed by atoms with Crippen molar-refractivity contribution in [3.63, 3.8) is 0 Å². The quantitative estimate of drug-likeness (QED) is 0.550. The van der Waals surface area contributed by atoms with E-state index in [1.165, 1.54) is 19.3 Å². The number of hydrogen-bond acceptors (Lipinski definition) is 2. The van der Waals surface area contributed by atoms with Crippen molar-refractivity contribution in [2.24, 2.45) is 0 Å². The fraction of sp³-hybridized carbons (Fsp3) is 1.00. The summed E-state index contributed by atoms with van der Waals surface area (Å²) < 4.78 is 0. The second-order valence-corrected chi connectivity index (χ2v) is 4.52. The van der Waals surface area contributed by atoms with Crippen LogP contribution in [-0.4, -0.2) is 22.4 Å². The van der Waals surface area contributed by atoms with Gasteiger partial charge in [-0.25, -0.2) is 0 Å². The summed E-state index contributed by atoms with van der Waals surface area (Å²) in [6.45, 7) is 4.27. The minimum atomic E-state index is -0.208. The van der Waals surface area contributed by atoms with Crippen LogP contribution in [0, 0.1) is 0 Å². The van der Waals surface area contributed by atoms with Gasteiger partial charge in [-0.2, -0.15) is 0 Å². The Bertz CT molecular complexity index is 126. The molecule has 2 atom stereocenters. The lowest BCUT2D eigenvalue weighted by molar-refractivity contribution is 0.102. The van der Waals surface area contributed by atoms with Crippen molar-refractivity contribution in [2.75, 3.05) is 0 Å². The van der Waals surface area contributed by atoms with Crippen molar-refractivity contribution in [1.29, 1.82) is 0 Å². The lowest BCUT2D eigenvalue weighted by atomic mass is 10.0. The molecule has 0 aromatic carbocycles. The molecule has 2 heteroatoms. The fourth-order valence-electron chi connectivity index (χ4n) is 1.81. The Labute approximate surface area is 94.7 Å². The van der Waals surface area contributed by atoms with E-state index in [4.69, 9.17) is 0 Å². The van der Waals surface area contributed by atoms with Gasteiger partial charge in [-0.05, 0) is 25.7 Å². The van der Waals surface area contributed by atoms with E-state index in [9.17, 15) is 10.2 Å². The molecule has 2 unspecified atom stereocenters. The maximum atomic E-state index is 9.65. The Balaban J connectivity index is 3.28. The third kappa shape index (κ3) is 10.2. The van der Waals surface area contributed by atoms with E-state index < -0.39 is 0 Å². The van der Waals surface area contributed by atoms with Crippen LogP contribution in [-0.2, 0) is 0 Å². The summed E-state index contributed by atoms with van der Waals surface area (Å²) in [4.78, 5) is 0. The molecule has 0 saturated heterocycles. The molecule has 0 heterocycles. The van der Waals surface area contributed by atoms with Gasteiger partial charge in [-0.15, -0.1) is 0 Å². The van der Waals surface area contributed by atoms with Gasteiger partial charge in [0.25, 0.3) is 0 Å². The van der Waals surface area contributed by atoms with Gasteiger partial charge < -0.3 is 10.2 Å². The Hall–Kier alpha value is -0.0800. The smallest absolute Gasteiger partial charge is 0.0541 e. The van der Waals surface area contributed by atoms with E-state index in [1.54, 1.807) is 0 Å². The molecule has 2 nitrogen and oxygen atoms in total. The molecule has 0 bridgehead atoms.